The van der Waals surface area contributed by atoms with Crippen molar-refractivity contribution >= 4 is 17.4 Å². The van der Waals surface area contributed by atoms with Gasteiger partial charge in [-0.1, -0.05) is 37.3 Å². The summed E-state index contributed by atoms with van der Waals surface area (Å²) >= 11 is 0. The smallest absolute Gasteiger partial charge is 0.232 e. The number of benzene rings is 2. The topological polar surface area (TPSA) is 57.6 Å². The van der Waals surface area contributed by atoms with Crippen LogP contribution in [0.5, 0.6) is 5.75 Å². The fourth-order valence-electron chi connectivity index (χ4n) is 4.29. The highest BCUT2D eigenvalue weighted by atomic mass is 16.3. The summed E-state index contributed by atoms with van der Waals surface area (Å²) in [5, 5.41) is 9.59. The van der Waals surface area contributed by atoms with Gasteiger partial charge in [-0.2, -0.15) is 0 Å². The number of phenolic OH excluding ortho intramolecular Hbond substituents is 1. The number of aryl methyl sites for hydroxylation is 1. The van der Waals surface area contributed by atoms with Crippen molar-refractivity contribution in [3.8, 4) is 5.75 Å². The minimum atomic E-state index is -0.231. The predicted octanol–water partition coefficient (Wildman–Crippen LogP) is 4.48. The molecule has 4 heteroatoms. The van der Waals surface area contributed by atoms with Crippen molar-refractivity contribution in [2.75, 3.05) is 4.90 Å². The third-order valence-electron chi connectivity index (χ3n) is 5.58. The molecule has 0 bridgehead atoms. The molecule has 1 aliphatic carbocycles. The van der Waals surface area contributed by atoms with Crippen molar-refractivity contribution in [3.63, 3.8) is 0 Å². The molecule has 0 saturated heterocycles. The van der Waals surface area contributed by atoms with Gasteiger partial charge in [-0.3, -0.25) is 14.5 Å². The Bertz CT molecular complexity index is 927. The molecule has 0 aromatic heterocycles. The second kappa shape index (κ2) is 7.03. The van der Waals surface area contributed by atoms with Crippen LogP contribution >= 0.6 is 0 Å². The number of para-hydroxylation sites is 1. The van der Waals surface area contributed by atoms with Crippen LogP contribution in [0.3, 0.4) is 0 Å². The fraction of sp³-hybridized carbons (Fsp3) is 0.304. The van der Waals surface area contributed by atoms with Gasteiger partial charge in [0.25, 0.3) is 0 Å². The van der Waals surface area contributed by atoms with Crippen molar-refractivity contribution in [1.29, 1.82) is 0 Å². The molecule has 27 heavy (non-hydrogen) atoms. The van der Waals surface area contributed by atoms with E-state index in [0.29, 0.717) is 6.42 Å². The highest BCUT2D eigenvalue weighted by Gasteiger charge is 2.40. The van der Waals surface area contributed by atoms with Gasteiger partial charge < -0.3 is 5.11 Å². The quantitative estimate of drug-likeness (QED) is 0.877. The molecule has 1 amide bonds. The number of phenols is 1. The van der Waals surface area contributed by atoms with Gasteiger partial charge in [0.15, 0.2) is 5.78 Å². The van der Waals surface area contributed by atoms with E-state index in [-0.39, 0.29) is 29.8 Å². The maximum absolute atomic E-state index is 13.2. The lowest BCUT2D eigenvalue weighted by atomic mass is 9.77. The lowest BCUT2D eigenvalue weighted by Gasteiger charge is -2.39. The number of aromatic hydroxyl groups is 1. The summed E-state index contributed by atoms with van der Waals surface area (Å²) in [6.07, 6.45) is 3.15. The average Bonchev–Trinajstić information content (AvgIpc) is 2.68. The lowest BCUT2D eigenvalue weighted by Crippen LogP contribution is -2.41. The Morgan fingerprint density at radius 1 is 1.04 bits per heavy atom. The van der Waals surface area contributed by atoms with Crippen molar-refractivity contribution in [3.05, 3.63) is 70.9 Å². The molecule has 138 valence electrons. The molecule has 2 aliphatic rings. The summed E-state index contributed by atoms with van der Waals surface area (Å²) < 4.78 is 0. The normalized spacial score (nSPS) is 20.0. The molecule has 4 rings (SSSR count). The molecule has 0 radical (unpaired) electrons. The first-order valence-corrected chi connectivity index (χ1v) is 9.56. The van der Waals surface area contributed by atoms with Crippen LogP contribution < -0.4 is 4.90 Å². The predicted molar refractivity (Wildman–Crippen MR) is 105 cm³/mol. The minimum Gasteiger partial charge on any atom is -0.508 e. The largest absolute Gasteiger partial charge is 0.508 e. The number of hydrogen-bond acceptors (Lipinski definition) is 3. The molecule has 1 heterocycles. The zero-order chi connectivity index (χ0) is 19.0. The van der Waals surface area contributed by atoms with Crippen LogP contribution in [0.15, 0.2) is 59.8 Å². The highest BCUT2D eigenvalue weighted by Crippen LogP contribution is 2.44. The summed E-state index contributed by atoms with van der Waals surface area (Å²) in [4.78, 5) is 27.9. The molecule has 0 fully saturated rings. The Balaban J connectivity index is 1.87. The standard InChI is InChI=1S/C23H23NO3/c1-2-15-6-3-4-7-19(15)24-20-8-5-9-21(26)23(20)18(14-22(24)27)16-10-12-17(25)13-11-16/h3-4,6-7,10-13,18,25H,2,5,8-9,14H2,1H3. The molecule has 0 saturated carbocycles. The van der Waals surface area contributed by atoms with Gasteiger partial charge in [0, 0.05) is 30.0 Å². The van der Waals surface area contributed by atoms with Crippen LogP contribution in [0.4, 0.5) is 5.69 Å². The maximum Gasteiger partial charge on any atom is 0.232 e. The number of rotatable bonds is 3. The Morgan fingerprint density at radius 3 is 2.52 bits per heavy atom. The molecule has 1 unspecified atom stereocenters. The van der Waals surface area contributed by atoms with Gasteiger partial charge in [-0.25, -0.2) is 0 Å². The molecule has 2 aromatic carbocycles. The lowest BCUT2D eigenvalue weighted by molar-refractivity contribution is -0.119. The van der Waals surface area contributed by atoms with E-state index in [9.17, 15) is 14.7 Å². The fourth-order valence-corrected chi connectivity index (χ4v) is 4.29. The Kier molecular flexibility index (Phi) is 4.56. The Morgan fingerprint density at radius 2 is 1.78 bits per heavy atom. The van der Waals surface area contributed by atoms with Gasteiger partial charge in [0.2, 0.25) is 5.91 Å². The van der Waals surface area contributed by atoms with Crippen LogP contribution in [-0.4, -0.2) is 16.8 Å². The van der Waals surface area contributed by atoms with Crippen molar-refractivity contribution in [1.82, 2.24) is 0 Å². The summed E-state index contributed by atoms with van der Waals surface area (Å²) in [6, 6.07) is 14.8. The minimum absolute atomic E-state index is 0.0300. The highest BCUT2D eigenvalue weighted by molar-refractivity contribution is 6.07. The van der Waals surface area contributed by atoms with Crippen LogP contribution in [0.1, 0.15) is 49.7 Å². The van der Waals surface area contributed by atoms with Gasteiger partial charge in [0.05, 0.1) is 5.69 Å². The Labute approximate surface area is 159 Å². The zero-order valence-corrected chi connectivity index (χ0v) is 15.4. The van der Waals surface area contributed by atoms with E-state index in [2.05, 4.69) is 6.92 Å². The SMILES string of the molecule is CCc1ccccc1N1C(=O)CC(c2ccc(O)cc2)C2=C1CCCC2=O. The first-order chi connectivity index (χ1) is 13.1. The monoisotopic (exact) mass is 361 g/mol. The first kappa shape index (κ1) is 17.5. The van der Waals surface area contributed by atoms with Crippen molar-refractivity contribution in [2.24, 2.45) is 0 Å². The summed E-state index contributed by atoms with van der Waals surface area (Å²) in [6.45, 7) is 2.08. The second-order valence-corrected chi connectivity index (χ2v) is 7.20. The molecule has 1 aliphatic heterocycles. The second-order valence-electron chi connectivity index (χ2n) is 7.20. The molecular weight excluding hydrogens is 338 g/mol. The summed E-state index contributed by atoms with van der Waals surface area (Å²) in [5.74, 6) is 0.123. The van der Waals surface area contributed by atoms with Crippen LogP contribution in [0.2, 0.25) is 0 Å². The van der Waals surface area contributed by atoms with E-state index in [4.69, 9.17) is 0 Å². The number of amides is 1. The van der Waals surface area contributed by atoms with Crippen LogP contribution in [-0.2, 0) is 16.0 Å². The van der Waals surface area contributed by atoms with Gasteiger partial charge in [-0.15, -0.1) is 0 Å². The van der Waals surface area contributed by atoms with E-state index in [1.165, 1.54) is 0 Å². The number of nitrogens with zero attached hydrogens (tertiary/aromatic N) is 1. The molecule has 1 N–H and O–H groups in total. The van der Waals surface area contributed by atoms with Gasteiger partial charge >= 0.3 is 0 Å². The van der Waals surface area contributed by atoms with Crippen molar-refractivity contribution in [2.45, 2.75) is 44.9 Å². The third kappa shape index (κ3) is 3.05. The summed E-state index contributed by atoms with van der Waals surface area (Å²) in [7, 11) is 0. The van der Waals surface area contributed by atoms with Crippen LogP contribution in [0.25, 0.3) is 0 Å². The van der Waals surface area contributed by atoms with Crippen molar-refractivity contribution < 1.29 is 14.7 Å². The molecule has 0 spiro atoms. The number of anilines is 1. The molecule has 2 aromatic rings. The number of ketones is 1. The number of carbonyl (C=O) groups is 2. The number of allylic oxidation sites excluding steroid dienone is 2. The summed E-state index contributed by atoms with van der Waals surface area (Å²) in [5.41, 5.74) is 4.56. The Hall–Kier alpha value is -2.88. The van der Waals surface area contributed by atoms with Gasteiger partial charge in [-0.05, 0) is 48.6 Å². The third-order valence-corrected chi connectivity index (χ3v) is 5.58. The van der Waals surface area contributed by atoms with E-state index in [1.54, 1.807) is 17.0 Å². The zero-order valence-electron chi connectivity index (χ0n) is 15.4. The number of carbonyl (C=O) groups excluding carboxylic acids is 2. The molecular formula is C23H23NO3. The average molecular weight is 361 g/mol. The van der Waals surface area contributed by atoms with E-state index >= 15 is 0 Å². The molecule has 1 atom stereocenters. The first-order valence-electron chi connectivity index (χ1n) is 9.56. The van der Waals surface area contributed by atoms with E-state index in [0.717, 1.165) is 47.3 Å². The van der Waals surface area contributed by atoms with Crippen LogP contribution in [0, 0.1) is 0 Å². The number of hydrogen-bond donors (Lipinski definition) is 1. The van der Waals surface area contributed by atoms with E-state index < -0.39 is 0 Å². The van der Waals surface area contributed by atoms with Gasteiger partial charge in [0.1, 0.15) is 5.75 Å². The van der Waals surface area contributed by atoms with E-state index in [1.807, 2.05) is 36.4 Å². The maximum atomic E-state index is 13.2. The number of Topliss-reactive ketones (excluding diaryl/α,β-unsaturated/α-hetero) is 1. The molecule has 4 nitrogen and oxygen atoms in total.